The lowest BCUT2D eigenvalue weighted by Gasteiger charge is -2.10. The number of carboxylic acid groups (broad SMARTS) is 1. The van der Waals surface area contributed by atoms with Crippen molar-refractivity contribution in [3.8, 4) is 0 Å². The summed E-state index contributed by atoms with van der Waals surface area (Å²) in [4.78, 5) is 22.5. The molecule has 0 bridgehead atoms. The van der Waals surface area contributed by atoms with Crippen molar-refractivity contribution < 1.29 is 14.7 Å². The number of nitrogens with one attached hydrogen (secondary N) is 2. The van der Waals surface area contributed by atoms with Crippen molar-refractivity contribution in [2.24, 2.45) is 5.92 Å². The van der Waals surface area contributed by atoms with Crippen LogP contribution in [0.15, 0.2) is 18.2 Å². The first kappa shape index (κ1) is 15.0. The van der Waals surface area contributed by atoms with E-state index in [1.54, 1.807) is 18.2 Å². The molecular weight excluding hydrogens is 272 g/mol. The summed E-state index contributed by atoms with van der Waals surface area (Å²) in [6, 6.07) is 5.12. The highest BCUT2D eigenvalue weighted by Gasteiger charge is 2.09. The van der Waals surface area contributed by atoms with Crippen molar-refractivity contribution in [3.63, 3.8) is 0 Å². The van der Waals surface area contributed by atoms with Gasteiger partial charge in [-0.05, 0) is 37.0 Å². The fraction of sp³-hybridized carbons (Fsp3) is 0.429. The quantitative estimate of drug-likeness (QED) is 0.717. The zero-order chi connectivity index (χ0) is 15.2. The molecule has 2 rings (SSSR count). The third-order valence-electron chi connectivity index (χ3n) is 3.35. The zero-order valence-corrected chi connectivity index (χ0v) is 11.8. The first-order valence-corrected chi connectivity index (χ1v) is 6.87. The number of carboxylic acids is 1. The second-order valence-corrected chi connectivity index (χ2v) is 5.11. The summed E-state index contributed by atoms with van der Waals surface area (Å²) in [6.07, 6.45) is 1.54. The molecule has 0 spiro atoms. The number of carbonyl (C=O) groups is 2. The Morgan fingerprint density at radius 2 is 2.05 bits per heavy atom. The van der Waals surface area contributed by atoms with E-state index in [0.29, 0.717) is 29.6 Å². The number of fused-ring (bicyclic) bond motifs is 1. The fourth-order valence-corrected chi connectivity index (χ4v) is 2.03. The van der Waals surface area contributed by atoms with E-state index in [9.17, 15) is 9.59 Å². The molecule has 1 amide bonds. The van der Waals surface area contributed by atoms with Crippen molar-refractivity contribution in [3.05, 3.63) is 23.8 Å². The van der Waals surface area contributed by atoms with Crippen molar-refractivity contribution in [2.45, 2.75) is 26.2 Å². The smallest absolute Gasteiger partial charge is 0.303 e. The lowest BCUT2D eigenvalue weighted by atomic mass is 10.0. The SMILES string of the molecule is CC(CCNC(=O)c1ccc2n[nH]nc2c1)CCC(=O)O. The van der Waals surface area contributed by atoms with Crippen LogP contribution in [0.4, 0.5) is 0 Å². The van der Waals surface area contributed by atoms with E-state index in [4.69, 9.17) is 5.11 Å². The van der Waals surface area contributed by atoms with Gasteiger partial charge in [0.25, 0.3) is 5.91 Å². The highest BCUT2D eigenvalue weighted by molar-refractivity contribution is 5.97. The number of aliphatic carboxylic acids is 1. The number of benzene rings is 1. The van der Waals surface area contributed by atoms with E-state index < -0.39 is 5.97 Å². The molecule has 1 heterocycles. The van der Waals surface area contributed by atoms with Gasteiger partial charge < -0.3 is 10.4 Å². The maximum absolute atomic E-state index is 12.0. The molecule has 7 heteroatoms. The Kier molecular flexibility index (Phi) is 4.86. The fourth-order valence-electron chi connectivity index (χ4n) is 2.03. The van der Waals surface area contributed by atoms with Gasteiger partial charge in [0.1, 0.15) is 11.0 Å². The summed E-state index contributed by atoms with van der Waals surface area (Å²) in [5, 5.41) is 21.8. The molecule has 1 aromatic carbocycles. The summed E-state index contributed by atoms with van der Waals surface area (Å²) >= 11 is 0. The number of hydrogen-bond donors (Lipinski definition) is 3. The van der Waals surface area contributed by atoms with E-state index in [-0.39, 0.29) is 18.2 Å². The van der Waals surface area contributed by atoms with Crippen LogP contribution in [-0.2, 0) is 4.79 Å². The Balaban J connectivity index is 1.80. The highest BCUT2D eigenvalue weighted by atomic mass is 16.4. The minimum atomic E-state index is -0.785. The molecule has 1 aromatic heterocycles. The van der Waals surface area contributed by atoms with Gasteiger partial charge in [-0.2, -0.15) is 15.4 Å². The topological polar surface area (TPSA) is 108 Å². The third kappa shape index (κ3) is 4.27. The van der Waals surface area contributed by atoms with Crippen LogP contribution in [0.25, 0.3) is 11.0 Å². The molecule has 2 aromatic rings. The van der Waals surface area contributed by atoms with Crippen LogP contribution in [0, 0.1) is 5.92 Å². The first-order valence-electron chi connectivity index (χ1n) is 6.87. The number of aromatic nitrogens is 3. The highest BCUT2D eigenvalue weighted by Crippen LogP contribution is 2.11. The Labute approximate surface area is 121 Å². The van der Waals surface area contributed by atoms with E-state index in [1.807, 2.05) is 6.92 Å². The molecule has 0 fully saturated rings. The van der Waals surface area contributed by atoms with Crippen molar-refractivity contribution in [2.75, 3.05) is 6.54 Å². The van der Waals surface area contributed by atoms with E-state index in [1.165, 1.54) is 0 Å². The average Bonchev–Trinajstić information content (AvgIpc) is 2.92. The number of H-pyrrole nitrogens is 1. The molecule has 0 aliphatic rings. The molecule has 3 N–H and O–H groups in total. The standard InChI is InChI=1S/C14H18N4O3/c1-9(2-5-13(19)20)6-7-15-14(21)10-3-4-11-12(8-10)17-18-16-11/h3-4,8-9H,2,5-7H2,1H3,(H,15,21)(H,19,20)(H,16,17,18). The van der Waals surface area contributed by atoms with Crippen LogP contribution in [0.2, 0.25) is 0 Å². The number of nitrogens with zero attached hydrogens (tertiary/aromatic N) is 2. The molecule has 0 aliphatic heterocycles. The number of rotatable bonds is 7. The molecule has 0 saturated heterocycles. The largest absolute Gasteiger partial charge is 0.481 e. The molecular formula is C14H18N4O3. The molecule has 0 aliphatic carbocycles. The Bertz CT molecular complexity index is 638. The molecule has 112 valence electrons. The van der Waals surface area contributed by atoms with E-state index in [2.05, 4.69) is 20.7 Å². The van der Waals surface area contributed by atoms with Gasteiger partial charge in [-0.3, -0.25) is 9.59 Å². The Hall–Kier alpha value is -2.44. The monoisotopic (exact) mass is 290 g/mol. The van der Waals surface area contributed by atoms with Gasteiger partial charge in [-0.15, -0.1) is 0 Å². The molecule has 1 atom stereocenters. The summed E-state index contributed by atoms with van der Waals surface area (Å²) in [5.74, 6) is -0.684. The lowest BCUT2D eigenvalue weighted by Crippen LogP contribution is -2.25. The van der Waals surface area contributed by atoms with Gasteiger partial charge in [-0.1, -0.05) is 6.92 Å². The van der Waals surface area contributed by atoms with Crippen molar-refractivity contribution in [1.29, 1.82) is 0 Å². The number of amides is 1. The van der Waals surface area contributed by atoms with Crippen LogP contribution >= 0.6 is 0 Å². The van der Waals surface area contributed by atoms with Crippen LogP contribution in [0.5, 0.6) is 0 Å². The zero-order valence-electron chi connectivity index (χ0n) is 11.8. The van der Waals surface area contributed by atoms with Gasteiger partial charge in [-0.25, -0.2) is 0 Å². The summed E-state index contributed by atoms with van der Waals surface area (Å²) in [5.41, 5.74) is 1.90. The Morgan fingerprint density at radius 3 is 2.81 bits per heavy atom. The Morgan fingerprint density at radius 1 is 1.29 bits per heavy atom. The normalized spacial score (nSPS) is 12.2. The second kappa shape index (κ2) is 6.83. The predicted octanol–water partition coefficient (Wildman–Crippen LogP) is 1.58. The third-order valence-corrected chi connectivity index (χ3v) is 3.35. The maximum Gasteiger partial charge on any atom is 0.303 e. The molecule has 21 heavy (non-hydrogen) atoms. The summed E-state index contributed by atoms with van der Waals surface area (Å²) < 4.78 is 0. The molecule has 1 unspecified atom stereocenters. The number of hydrogen-bond acceptors (Lipinski definition) is 4. The van der Waals surface area contributed by atoms with Crippen LogP contribution in [0.1, 0.15) is 36.5 Å². The van der Waals surface area contributed by atoms with E-state index >= 15 is 0 Å². The van der Waals surface area contributed by atoms with Gasteiger partial charge in [0.05, 0.1) is 0 Å². The van der Waals surface area contributed by atoms with Gasteiger partial charge in [0.15, 0.2) is 0 Å². The van der Waals surface area contributed by atoms with Gasteiger partial charge in [0.2, 0.25) is 0 Å². The molecule has 7 nitrogen and oxygen atoms in total. The number of carbonyl (C=O) groups excluding carboxylic acids is 1. The van der Waals surface area contributed by atoms with Crippen molar-refractivity contribution >= 4 is 22.9 Å². The minimum absolute atomic E-state index is 0.162. The van der Waals surface area contributed by atoms with Crippen molar-refractivity contribution in [1.82, 2.24) is 20.7 Å². The molecule has 0 saturated carbocycles. The number of aromatic amines is 1. The van der Waals surface area contributed by atoms with Crippen LogP contribution < -0.4 is 5.32 Å². The summed E-state index contributed by atoms with van der Waals surface area (Å²) in [7, 11) is 0. The van der Waals surface area contributed by atoms with Crippen LogP contribution in [0.3, 0.4) is 0 Å². The second-order valence-electron chi connectivity index (χ2n) is 5.11. The lowest BCUT2D eigenvalue weighted by molar-refractivity contribution is -0.137. The van der Waals surface area contributed by atoms with Gasteiger partial charge >= 0.3 is 5.97 Å². The average molecular weight is 290 g/mol. The van der Waals surface area contributed by atoms with E-state index in [0.717, 1.165) is 6.42 Å². The van der Waals surface area contributed by atoms with Crippen LogP contribution in [-0.4, -0.2) is 38.9 Å². The summed E-state index contributed by atoms with van der Waals surface area (Å²) in [6.45, 7) is 2.51. The van der Waals surface area contributed by atoms with Gasteiger partial charge in [0, 0.05) is 18.5 Å². The molecule has 0 radical (unpaired) electrons. The maximum atomic E-state index is 12.0. The minimum Gasteiger partial charge on any atom is -0.481 e. The predicted molar refractivity (Wildman–Crippen MR) is 76.9 cm³/mol. The first-order chi connectivity index (χ1) is 10.1.